The van der Waals surface area contributed by atoms with Crippen LogP contribution < -0.4 is 0 Å². The maximum atomic E-state index is 9.35. The van der Waals surface area contributed by atoms with Crippen molar-refractivity contribution >= 4 is 22.5 Å². The molecule has 90 valence electrons. The molecule has 3 heteroatoms. The number of fused-ring (bicyclic) bond motifs is 1. The summed E-state index contributed by atoms with van der Waals surface area (Å²) in [6.45, 7) is 0. The molecule has 0 aliphatic carbocycles. The second-order valence-corrected chi connectivity index (χ2v) is 4.51. The van der Waals surface area contributed by atoms with Crippen LogP contribution in [-0.2, 0) is 0 Å². The summed E-state index contributed by atoms with van der Waals surface area (Å²) in [5, 5.41) is 10.5. The highest BCUT2D eigenvalue weighted by Crippen LogP contribution is 2.34. The Bertz CT molecular complexity index is 789. The van der Waals surface area contributed by atoms with Crippen molar-refractivity contribution in [3.63, 3.8) is 0 Å². The second-order valence-electron chi connectivity index (χ2n) is 4.15. The molecule has 1 heterocycles. The summed E-state index contributed by atoms with van der Waals surface area (Å²) in [4.78, 5) is 4.28. The summed E-state index contributed by atoms with van der Waals surface area (Å²) in [6, 6.07) is 19.6. The molecule has 3 rings (SSSR count). The fourth-order valence-electron chi connectivity index (χ4n) is 2.19. The van der Waals surface area contributed by atoms with Gasteiger partial charge in [0.2, 0.25) is 0 Å². The van der Waals surface area contributed by atoms with Gasteiger partial charge in [-0.3, -0.25) is 0 Å². The molecule has 0 saturated carbocycles. The summed E-state index contributed by atoms with van der Waals surface area (Å²) < 4.78 is 0. The molecule has 19 heavy (non-hydrogen) atoms. The van der Waals surface area contributed by atoms with E-state index in [4.69, 9.17) is 11.6 Å². The average molecular weight is 265 g/mol. The van der Waals surface area contributed by atoms with Gasteiger partial charge in [0, 0.05) is 10.9 Å². The van der Waals surface area contributed by atoms with Crippen LogP contribution in [0.25, 0.3) is 22.0 Å². The lowest BCUT2D eigenvalue weighted by molar-refractivity contribution is 1.37. The molecule has 3 aromatic rings. The molecule has 0 amide bonds. The molecule has 0 radical (unpaired) electrons. The van der Waals surface area contributed by atoms with Crippen LogP contribution in [0.15, 0.2) is 54.6 Å². The largest absolute Gasteiger partial charge is 0.235 e. The number of para-hydroxylation sites is 1. The third-order valence-corrected chi connectivity index (χ3v) is 3.30. The summed E-state index contributed by atoms with van der Waals surface area (Å²) in [6.07, 6.45) is 0. The van der Waals surface area contributed by atoms with Gasteiger partial charge in [-0.2, -0.15) is 5.26 Å². The minimum atomic E-state index is 0.250. The first-order valence-electron chi connectivity index (χ1n) is 5.85. The second kappa shape index (κ2) is 4.72. The number of benzene rings is 2. The SMILES string of the molecule is N#Cc1c(Cl)nc2ccccc2c1-c1ccccc1. The van der Waals surface area contributed by atoms with E-state index in [1.54, 1.807) is 0 Å². The Morgan fingerprint density at radius 3 is 2.37 bits per heavy atom. The fraction of sp³-hybridized carbons (Fsp3) is 0. The van der Waals surface area contributed by atoms with Gasteiger partial charge in [0.25, 0.3) is 0 Å². The minimum Gasteiger partial charge on any atom is -0.235 e. The Morgan fingerprint density at radius 1 is 0.947 bits per heavy atom. The molecule has 2 nitrogen and oxygen atoms in total. The quantitative estimate of drug-likeness (QED) is 0.610. The van der Waals surface area contributed by atoms with Crippen molar-refractivity contribution in [3.8, 4) is 17.2 Å². The molecule has 0 unspecified atom stereocenters. The lowest BCUT2D eigenvalue weighted by atomic mass is 9.97. The van der Waals surface area contributed by atoms with Crippen molar-refractivity contribution in [2.75, 3.05) is 0 Å². The molecular formula is C16H9ClN2. The number of hydrogen-bond donors (Lipinski definition) is 0. The summed E-state index contributed by atoms with van der Waals surface area (Å²) >= 11 is 6.12. The zero-order valence-electron chi connectivity index (χ0n) is 9.97. The zero-order valence-corrected chi connectivity index (χ0v) is 10.7. The average Bonchev–Trinajstić information content (AvgIpc) is 2.46. The molecule has 0 fully saturated rings. The van der Waals surface area contributed by atoms with Crippen LogP contribution in [-0.4, -0.2) is 4.98 Å². The maximum Gasteiger partial charge on any atom is 0.148 e. The fourth-order valence-corrected chi connectivity index (χ4v) is 2.42. The van der Waals surface area contributed by atoms with Gasteiger partial charge in [0.1, 0.15) is 11.2 Å². The van der Waals surface area contributed by atoms with E-state index in [1.165, 1.54) is 0 Å². The lowest BCUT2D eigenvalue weighted by Gasteiger charge is -2.10. The summed E-state index contributed by atoms with van der Waals surface area (Å²) in [7, 11) is 0. The van der Waals surface area contributed by atoms with Crippen molar-refractivity contribution < 1.29 is 0 Å². The lowest BCUT2D eigenvalue weighted by Crippen LogP contribution is -1.92. The van der Waals surface area contributed by atoms with E-state index in [1.807, 2.05) is 54.6 Å². The molecule has 0 spiro atoms. The first kappa shape index (κ1) is 11.7. The number of nitriles is 1. The topological polar surface area (TPSA) is 36.7 Å². The van der Waals surface area contributed by atoms with Crippen LogP contribution in [0.1, 0.15) is 5.56 Å². The predicted octanol–water partition coefficient (Wildman–Crippen LogP) is 4.43. The van der Waals surface area contributed by atoms with Crippen LogP contribution in [0.5, 0.6) is 0 Å². The molecule has 0 aliphatic rings. The Balaban J connectivity index is 2.48. The zero-order chi connectivity index (χ0) is 13.2. The molecule has 0 bridgehead atoms. The van der Waals surface area contributed by atoms with Crippen molar-refractivity contribution in [1.82, 2.24) is 4.98 Å². The van der Waals surface area contributed by atoms with E-state index < -0.39 is 0 Å². The van der Waals surface area contributed by atoms with Gasteiger partial charge >= 0.3 is 0 Å². The molecule has 2 aromatic carbocycles. The Hall–Kier alpha value is -2.37. The van der Waals surface area contributed by atoms with E-state index in [0.29, 0.717) is 5.56 Å². The Kier molecular flexibility index (Phi) is 2.91. The van der Waals surface area contributed by atoms with Crippen LogP contribution in [0.2, 0.25) is 5.15 Å². The van der Waals surface area contributed by atoms with Crippen molar-refractivity contribution in [2.45, 2.75) is 0 Å². The normalized spacial score (nSPS) is 10.3. The smallest absolute Gasteiger partial charge is 0.148 e. The third kappa shape index (κ3) is 1.95. The summed E-state index contributed by atoms with van der Waals surface area (Å²) in [5.74, 6) is 0. The van der Waals surface area contributed by atoms with Crippen LogP contribution >= 0.6 is 11.6 Å². The van der Waals surface area contributed by atoms with Crippen molar-refractivity contribution in [2.24, 2.45) is 0 Å². The van der Waals surface area contributed by atoms with Gasteiger partial charge in [-0.15, -0.1) is 0 Å². The first-order valence-corrected chi connectivity index (χ1v) is 6.23. The van der Waals surface area contributed by atoms with Gasteiger partial charge in [-0.25, -0.2) is 4.98 Å². The monoisotopic (exact) mass is 264 g/mol. The first-order chi connectivity index (χ1) is 9.31. The van der Waals surface area contributed by atoms with Gasteiger partial charge in [-0.1, -0.05) is 60.1 Å². The highest BCUT2D eigenvalue weighted by molar-refractivity contribution is 6.31. The van der Waals surface area contributed by atoms with Gasteiger partial charge < -0.3 is 0 Å². The van der Waals surface area contributed by atoms with Gasteiger partial charge in [0.05, 0.1) is 11.1 Å². The highest BCUT2D eigenvalue weighted by Gasteiger charge is 2.14. The van der Waals surface area contributed by atoms with Crippen molar-refractivity contribution in [3.05, 3.63) is 65.3 Å². The van der Waals surface area contributed by atoms with E-state index >= 15 is 0 Å². The number of rotatable bonds is 1. The molecule has 1 aromatic heterocycles. The maximum absolute atomic E-state index is 9.35. The number of aromatic nitrogens is 1. The summed E-state index contributed by atoms with van der Waals surface area (Å²) in [5.41, 5.74) is 3.04. The molecule has 0 saturated heterocycles. The minimum absolute atomic E-state index is 0.250. The number of hydrogen-bond acceptors (Lipinski definition) is 2. The number of pyridine rings is 1. The van der Waals surface area contributed by atoms with Crippen LogP contribution in [0.3, 0.4) is 0 Å². The van der Waals surface area contributed by atoms with Gasteiger partial charge in [0.15, 0.2) is 0 Å². The number of halogens is 1. The molecule has 0 aliphatic heterocycles. The van der Waals surface area contributed by atoms with E-state index in [9.17, 15) is 5.26 Å². The Morgan fingerprint density at radius 2 is 1.63 bits per heavy atom. The predicted molar refractivity (Wildman–Crippen MR) is 76.9 cm³/mol. The van der Waals surface area contributed by atoms with Crippen LogP contribution in [0.4, 0.5) is 0 Å². The van der Waals surface area contributed by atoms with E-state index in [2.05, 4.69) is 11.1 Å². The van der Waals surface area contributed by atoms with Crippen LogP contribution in [0, 0.1) is 11.3 Å². The molecule has 0 N–H and O–H groups in total. The highest BCUT2D eigenvalue weighted by atomic mass is 35.5. The van der Waals surface area contributed by atoms with E-state index in [-0.39, 0.29) is 5.15 Å². The third-order valence-electron chi connectivity index (χ3n) is 3.02. The van der Waals surface area contributed by atoms with Crippen molar-refractivity contribution in [1.29, 1.82) is 5.26 Å². The standard InChI is InChI=1S/C16H9ClN2/c17-16-13(10-18)15(11-6-2-1-3-7-11)12-8-4-5-9-14(12)19-16/h1-9H. The molecular weight excluding hydrogens is 256 g/mol. The Labute approximate surface area is 115 Å². The molecule has 0 atom stereocenters. The van der Waals surface area contributed by atoms with E-state index in [0.717, 1.165) is 22.0 Å². The van der Waals surface area contributed by atoms with Gasteiger partial charge in [-0.05, 0) is 11.6 Å². The number of nitrogens with zero attached hydrogens (tertiary/aromatic N) is 2.